The molecule has 0 N–H and O–H groups in total. The summed E-state index contributed by atoms with van der Waals surface area (Å²) in [5.41, 5.74) is 0.898. The molecule has 20 heavy (non-hydrogen) atoms. The molecule has 6 heteroatoms. The van der Waals surface area contributed by atoms with Crippen LogP contribution in [0.15, 0.2) is 23.1 Å². The lowest BCUT2D eigenvalue weighted by atomic mass is 10.2. The van der Waals surface area contributed by atoms with E-state index in [4.69, 9.17) is 9.47 Å². The van der Waals surface area contributed by atoms with Crippen LogP contribution in [0.4, 0.5) is 0 Å². The first kappa shape index (κ1) is 13.9. The molecular weight excluding hydrogens is 278 g/mol. The van der Waals surface area contributed by atoms with E-state index < -0.39 is 9.84 Å². The number of rotatable bonds is 3. The highest BCUT2D eigenvalue weighted by molar-refractivity contribution is 7.90. The normalized spacial score (nSPS) is 23.4. The molecule has 2 heterocycles. The van der Waals surface area contributed by atoms with Gasteiger partial charge in [-0.05, 0) is 38.1 Å². The maximum atomic E-state index is 11.6. The summed E-state index contributed by atoms with van der Waals surface area (Å²) >= 11 is 0. The second kappa shape index (κ2) is 5.35. The molecule has 5 nitrogen and oxygen atoms in total. The van der Waals surface area contributed by atoms with E-state index in [9.17, 15) is 8.42 Å². The summed E-state index contributed by atoms with van der Waals surface area (Å²) in [5, 5.41) is 0. The molecule has 1 saturated heterocycles. The molecule has 0 radical (unpaired) electrons. The van der Waals surface area contributed by atoms with Crippen LogP contribution in [0.1, 0.15) is 18.4 Å². The van der Waals surface area contributed by atoms with Gasteiger partial charge in [0.2, 0.25) is 6.29 Å². The van der Waals surface area contributed by atoms with E-state index in [1.807, 2.05) is 0 Å². The molecule has 1 aromatic carbocycles. The predicted molar refractivity (Wildman–Crippen MR) is 74.4 cm³/mol. The Bertz CT molecular complexity index is 593. The number of hydrogen-bond acceptors (Lipinski definition) is 5. The average Bonchev–Trinajstić information content (AvgIpc) is 2.90. The first-order valence-electron chi connectivity index (χ1n) is 6.86. The Balaban J connectivity index is 1.75. The summed E-state index contributed by atoms with van der Waals surface area (Å²) in [6.45, 7) is 3.37. The van der Waals surface area contributed by atoms with Gasteiger partial charge in [-0.1, -0.05) is 6.07 Å². The van der Waals surface area contributed by atoms with Crippen molar-refractivity contribution in [3.05, 3.63) is 23.8 Å². The van der Waals surface area contributed by atoms with Crippen LogP contribution in [-0.2, 0) is 21.2 Å². The molecular formula is C14H19NO4S. The third-order valence-electron chi connectivity index (χ3n) is 3.76. The summed E-state index contributed by atoms with van der Waals surface area (Å²) in [5.74, 6) is 0.628. The third-order valence-corrected chi connectivity index (χ3v) is 4.87. The maximum Gasteiger partial charge on any atom is 0.213 e. The fourth-order valence-electron chi connectivity index (χ4n) is 2.62. The lowest BCUT2D eigenvalue weighted by molar-refractivity contribution is -0.118. The highest BCUT2D eigenvalue weighted by atomic mass is 32.2. The highest BCUT2D eigenvalue weighted by Crippen LogP contribution is 2.29. The van der Waals surface area contributed by atoms with Crippen molar-refractivity contribution in [3.8, 4) is 5.75 Å². The van der Waals surface area contributed by atoms with Crippen LogP contribution in [-0.4, -0.2) is 45.5 Å². The number of likely N-dealkylation sites (tertiary alicyclic amines) is 1. The Labute approximate surface area is 119 Å². The van der Waals surface area contributed by atoms with Crippen molar-refractivity contribution < 1.29 is 17.9 Å². The third kappa shape index (κ3) is 2.97. The van der Waals surface area contributed by atoms with E-state index >= 15 is 0 Å². The van der Waals surface area contributed by atoms with Crippen LogP contribution in [0.3, 0.4) is 0 Å². The molecule has 0 saturated carbocycles. The van der Waals surface area contributed by atoms with E-state index in [1.54, 1.807) is 18.2 Å². The average molecular weight is 297 g/mol. The first-order chi connectivity index (χ1) is 9.52. The monoisotopic (exact) mass is 297 g/mol. The van der Waals surface area contributed by atoms with Gasteiger partial charge in [-0.25, -0.2) is 8.42 Å². The van der Waals surface area contributed by atoms with Crippen LogP contribution in [0.25, 0.3) is 0 Å². The minimum absolute atomic E-state index is 0.290. The summed E-state index contributed by atoms with van der Waals surface area (Å²) in [6, 6.07) is 4.96. The van der Waals surface area contributed by atoms with E-state index in [0.29, 0.717) is 12.4 Å². The zero-order chi connectivity index (χ0) is 14.2. The lowest BCUT2D eigenvalue weighted by Crippen LogP contribution is -2.37. The van der Waals surface area contributed by atoms with Crippen molar-refractivity contribution in [2.24, 2.45) is 0 Å². The molecule has 2 aliphatic rings. The molecule has 3 rings (SSSR count). The van der Waals surface area contributed by atoms with Gasteiger partial charge in [0.05, 0.1) is 18.0 Å². The van der Waals surface area contributed by atoms with E-state index in [-0.39, 0.29) is 11.2 Å². The summed E-state index contributed by atoms with van der Waals surface area (Å²) in [7, 11) is -3.21. The topological polar surface area (TPSA) is 55.8 Å². The van der Waals surface area contributed by atoms with Crippen molar-refractivity contribution in [2.45, 2.75) is 30.6 Å². The number of benzene rings is 1. The van der Waals surface area contributed by atoms with E-state index in [0.717, 1.165) is 25.2 Å². The van der Waals surface area contributed by atoms with E-state index in [2.05, 4.69) is 4.90 Å². The minimum atomic E-state index is -3.21. The standard InChI is InChI=1S/C14H19NO4S/c1-20(16,17)12-5-4-11-10-18-14(19-13(11)8-12)9-15-6-2-3-7-15/h4-5,8,14H,2-3,6-7,9-10H2,1H3. The second-order valence-corrected chi connectivity index (χ2v) is 7.42. The first-order valence-corrected chi connectivity index (χ1v) is 8.75. The van der Waals surface area contributed by atoms with Crippen molar-refractivity contribution in [2.75, 3.05) is 25.9 Å². The Hall–Kier alpha value is -1.11. The maximum absolute atomic E-state index is 11.6. The molecule has 0 aromatic heterocycles. The summed E-state index contributed by atoms with van der Waals surface area (Å²) in [4.78, 5) is 2.61. The highest BCUT2D eigenvalue weighted by Gasteiger charge is 2.25. The number of sulfone groups is 1. The Morgan fingerprint density at radius 3 is 2.75 bits per heavy atom. The van der Waals surface area contributed by atoms with Gasteiger partial charge in [0.25, 0.3) is 0 Å². The Kier molecular flexibility index (Phi) is 3.70. The van der Waals surface area contributed by atoms with Crippen molar-refractivity contribution >= 4 is 9.84 Å². The van der Waals surface area contributed by atoms with Crippen molar-refractivity contribution in [1.29, 1.82) is 0 Å². The molecule has 1 aromatic rings. The fourth-order valence-corrected chi connectivity index (χ4v) is 3.26. The van der Waals surface area contributed by atoms with Gasteiger partial charge in [-0.15, -0.1) is 0 Å². The molecule has 2 aliphatic heterocycles. The van der Waals surface area contributed by atoms with Gasteiger partial charge < -0.3 is 9.47 Å². The Morgan fingerprint density at radius 1 is 1.30 bits per heavy atom. The van der Waals surface area contributed by atoms with Crippen molar-refractivity contribution in [3.63, 3.8) is 0 Å². The van der Waals surface area contributed by atoms with Gasteiger partial charge in [0.1, 0.15) is 5.75 Å². The minimum Gasteiger partial charge on any atom is -0.463 e. The zero-order valence-corrected chi connectivity index (χ0v) is 12.4. The van der Waals surface area contributed by atoms with Crippen LogP contribution in [0, 0.1) is 0 Å². The number of nitrogens with zero attached hydrogens (tertiary/aromatic N) is 1. The fraction of sp³-hybridized carbons (Fsp3) is 0.571. The van der Waals surface area contributed by atoms with E-state index in [1.165, 1.54) is 19.1 Å². The predicted octanol–water partition coefficient (Wildman–Crippen LogP) is 1.42. The smallest absolute Gasteiger partial charge is 0.213 e. The summed E-state index contributed by atoms with van der Waals surface area (Å²) in [6.07, 6.45) is 3.34. The van der Waals surface area contributed by atoms with Crippen molar-refractivity contribution in [1.82, 2.24) is 4.90 Å². The van der Waals surface area contributed by atoms with Crippen LogP contribution in [0.2, 0.25) is 0 Å². The quantitative estimate of drug-likeness (QED) is 0.844. The van der Waals surface area contributed by atoms with Crippen LogP contribution in [0.5, 0.6) is 5.75 Å². The second-order valence-electron chi connectivity index (χ2n) is 5.41. The number of fused-ring (bicyclic) bond motifs is 1. The SMILES string of the molecule is CS(=O)(=O)c1ccc2c(c1)OC(CN1CCCC1)OC2. The molecule has 110 valence electrons. The molecule has 1 unspecified atom stereocenters. The molecule has 0 bridgehead atoms. The molecule has 0 spiro atoms. The van der Waals surface area contributed by atoms with Gasteiger partial charge in [-0.3, -0.25) is 4.90 Å². The van der Waals surface area contributed by atoms with Crippen LogP contribution < -0.4 is 4.74 Å². The van der Waals surface area contributed by atoms with Gasteiger partial charge in [0, 0.05) is 11.8 Å². The lowest BCUT2D eigenvalue weighted by Gasteiger charge is -2.29. The van der Waals surface area contributed by atoms with Gasteiger partial charge in [-0.2, -0.15) is 0 Å². The number of hydrogen-bond donors (Lipinski definition) is 0. The molecule has 1 fully saturated rings. The molecule has 0 aliphatic carbocycles. The number of ether oxygens (including phenoxy) is 2. The van der Waals surface area contributed by atoms with Gasteiger partial charge in [0.15, 0.2) is 9.84 Å². The molecule has 0 amide bonds. The molecule has 1 atom stereocenters. The Morgan fingerprint density at radius 2 is 2.05 bits per heavy atom. The zero-order valence-electron chi connectivity index (χ0n) is 11.5. The van der Waals surface area contributed by atoms with Crippen LogP contribution >= 0.6 is 0 Å². The summed E-state index contributed by atoms with van der Waals surface area (Å²) < 4.78 is 34.6. The largest absolute Gasteiger partial charge is 0.463 e. The van der Waals surface area contributed by atoms with Gasteiger partial charge >= 0.3 is 0 Å².